The minimum Gasteiger partial charge on any atom is -0.396 e. The number of anilines is 1. The average Bonchev–Trinajstić information content (AvgIpc) is 2.43. The van der Waals surface area contributed by atoms with Crippen LogP contribution < -0.4 is 10.9 Å². The van der Waals surface area contributed by atoms with Crippen molar-refractivity contribution in [3.8, 4) is 0 Å². The van der Waals surface area contributed by atoms with E-state index in [9.17, 15) is 4.79 Å². The lowest BCUT2D eigenvalue weighted by Crippen LogP contribution is -2.26. The number of halogens is 1. The predicted octanol–water partition coefficient (Wildman–Crippen LogP) is 1.21. The third-order valence-electron chi connectivity index (χ3n) is 3.11. The zero-order valence-corrected chi connectivity index (χ0v) is 13.3. The van der Waals surface area contributed by atoms with Crippen LogP contribution in [0.3, 0.4) is 0 Å². The Labute approximate surface area is 127 Å². The zero-order valence-electron chi connectivity index (χ0n) is 11.7. The van der Waals surface area contributed by atoms with Crippen LogP contribution in [0, 0.1) is 5.92 Å². The van der Waals surface area contributed by atoms with Crippen molar-refractivity contribution in [3.05, 3.63) is 21.0 Å². The largest absolute Gasteiger partial charge is 0.396 e. The van der Waals surface area contributed by atoms with E-state index in [4.69, 9.17) is 10.2 Å². The van der Waals surface area contributed by atoms with Crippen molar-refractivity contribution in [2.24, 2.45) is 5.92 Å². The molecule has 3 N–H and O–H groups in total. The van der Waals surface area contributed by atoms with E-state index in [1.165, 1.54) is 4.68 Å². The highest BCUT2D eigenvalue weighted by molar-refractivity contribution is 9.10. The summed E-state index contributed by atoms with van der Waals surface area (Å²) >= 11 is 3.26. The van der Waals surface area contributed by atoms with Gasteiger partial charge in [0.1, 0.15) is 4.47 Å². The van der Waals surface area contributed by atoms with Crippen molar-refractivity contribution in [3.63, 3.8) is 0 Å². The summed E-state index contributed by atoms with van der Waals surface area (Å²) in [4.78, 5) is 11.9. The maximum atomic E-state index is 11.9. The Bertz CT molecular complexity index is 459. The van der Waals surface area contributed by atoms with Gasteiger partial charge in [-0.3, -0.25) is 4.79 Å². The van der Waals surface area contributed by atoms with Gasteiger partial charge in [0.15, 0.2) is 0 Å². The summed E-state index contributed by atoms with van der Waals surface area (Å²) in [5, 5.41) is 25.1. The Balaban J connectivity index is 2.72. The van der Waals surface area contributed by atoms with Crippen LogP contribution in [0.1, 0.15) is 26.2 Å². The van der Waals surface area contributed by atoms with E-state index in [1.54, 1.807) is 6.20 Å². The Morgan fingerprint density at radius 1 is 1.40 bits per heavy atom. The molecule has 0 fully saturated rings. The number of hydrogen-bond acceptors (Lipinski definition) is 5. The highest BCUT2D eigenvalue weighted by atomic mass is 79.9. The summed E-state index contributed by atoms with van der Waals surface area (Å²) in [7, 11) is 0. The number of hydrogen-bond donors (Lipinski definition) is 3. The van der Waals surface area contributed by atoms with Gasteiger partial charge in [-0.1, -0.05) is 13.3 Å². The van der Waals surface area contributed by atoms with E-state index in [1.807, 2.05) is 0 Å². The van der Waals surface area contributed by atoms with Gasteiger partial charge in [-0.25, -0.2) is 4.68 Å². The summed E-state index contributed by atoms with van der Waals surface area (Å²) < 4.78 is 1.63. The molecule has 1 atom stereocenters. The molecule has 0 aliphatic carbocycles. The van der Waals surface area contributed by atoms with Crippen LogP contribution in [0.4, 0.5) is 5.69 Å². The Morgan fingerprint density at radius 2 is 2.15 bits per heavy atom. The van der Waals surface area contributed by atoms with Gasteiger partial charge in [-0.2, -0.15) is 5.10 Å². The second-order valence-corrected chi connectivity index (χ2v) is 5.47. The molecule has 0 bridgehead atoms. The van der Waals surface area contributed by atoms with Gasteiger partial charge < -0.3 is 15.5 Å². The molecule has 0 aliphatic heterocycles. The molecule has 1 rings (SSSR count). The molecular weight excluding hydrogens is 326 g/mol. The minimum atomic E-state index is -0.266. The van der Waals surface area contributed by atoms with Crippen molar-refractivity contribution in [2.75, 3.05) is 25.1 Å². The Morgan fingerprint density at radius 3 is 2.75 bits per heavy atom. The lowest BCUT2D eigenvalue weighted by Gasteiger charge is -2.17. The van der Waals surface area contributed by atoms with Gasteiger partial charge in [0, 0.05) is 13.2 Å². The monoisotopic (exact) mass is 347 g/mol. The van der Waals surface area contributed by atoms with Crippen LogP contribution >= 0.6 is 15.9 Å². The fourth-order valence-corrected chi connectivity index (χ4v) is 2.48. The number of nitrogens with zero attached hydrogens (tertiary/aromatic N) is 2. The molecule has 0 amide bonds. The molecule has 20 heavy (non-hydrogen) atoms. The van der Waals surface area contributed by atoms with E-state index in [2.05, 4.69) is 33.3 Å². The first-order valence-electron chi connectivity index (χ1n) is 6.85. The summed E-state index contributed by atoms with van der Waals surface area (Å²) in [5.74, 6) is 0.372. The lowest BCUT2D eigenvalue weighted by atomic mass is 10.0. The maximum absolute atomic E-state index is 11.9. The van der Waals surface area contributed by atoms with Gasteiger partial charge in [0.2, 0.25) is 0 Å². The van der Waals surface area contributed by atoms with E-state index in [-0.39, 0.29) is 25.3 Å². The Hall–Kier alpha value is -0.920. The van der Waals surface area contributed by atoms with Crippen LogP contribution in [0.15, 0.2) is 15.5 Å². The van der Waals surface area contributed by atoms with Gasteiger partial charge in [0.25, 0.3) is 5.56 Å². The topological polar surface area (TPSA) is 87.4 Å². The number of aromatic nitrogens is 2. The molecule has 1 unspecified atom stereocenters. The zero-order chi connectivity index (χ0) is 15.0. The summed E-state index contributed by atoms with van der Waals surface area (Å²) in [5.41, 5.74) is 0.376. The number of rotatable bonds is 9. The van der Waals surface area contributed by atoms with Crippen LogP contribution in [0.25, 0.3) is 0 Å². The molecule has 114 valence electrons. The van der Waals surface area contributed by atoms with Crippen molar-refractivity contribution < 1.29 is 10.2 Å². The molecule has 0 aliphatic rings. The van der Waals surface area contributed by atoms with Gasteiger partial charge in [-0.05, 0) is 34.7 Å². The normalized spacial score (nSPS) is 12.4. The predicted molar refractivity (Wildman–Crippen MR) is 81.9 cm³/mol. The summed E-state index contributed by atoms with van der Waals surface area (Å²) in [6.45, 7) is 3.03. The second kappa shape index (κ2) is 9.10. The molecule has 6 nitrogen and oxygen atoms in total. The molecule has 1 heterocycles. The minimum absolute atomic E-state index is 0.124. The second-order valence-electron chi connectivity index (χ2n) is 4.67. The van der Waals surface area contributed by atoms with Gasteiger partial charge in [-0.15, -0.1) is 0 Å². The maximum Gasteiger partial charge on any atom is 0.283 e. The van der Waals surface area contributed by atoms with Crippen molar-refractivity contribution >= 4 is 21.6 Å². The van der Waals surface area contributed by atoms with Crippen LogP contribution in [-0.4, -0.2) is 39.8 Å². The molecule has 0 saturated carbocycles. The van der Waals surface area contributed by atoms with Gasteiger partial charge in [0.05, 0.1) is 25.0 Å². The number of nitrogens with one attached hydrogen (secondary N) is 1. The molecule has 0 saturated heterocycles. The SMILES string of the molecule is CCCC(CCO)CNc1cnn(CCO)c(=O)c1Br. The highest BCUT2D eigenvalue weighted by Crippen LogP contribution is 2.18. The summed E-state index contributed by atoms with van der Waals surface area (Å²) in [6, 6.07) is 0. The van der Waals surface area contributed by atoms with E-state index >= 15 is 0 Å². The first kappa shape index (κ1) is 17.1. The van der Waals surface area contributed by atoms with Crippen LogP contribution in [-0.2, 0) is 6.54 Å². The molecule has 1 aromatic heterocycles. The summed E-state index contributed by atoms with van der Waals surface area (Å²) in [6.07, 6.45) is 4.40. The molecule has 0 spiro atoms. The average molecular weight is 348 g/mol. The smallest absolute Gasteiger partial charge is 0.283 e. The molecular formula is C13H22BrN3O3. The van der Waals surface area contributed by atoms with Crippen molar-refractivity contribution in [1.29, 1.82) is 0 Å². The molecule has 0 aromatic carbocycles. The van der Waals surface area contributed by atoms with E-state index < -0.39 is 0 Å². The van der Waals surface area contributed by atoms with Gasteiger partial charge >= 0.3 is 0 Å². The Kier molecular flexibility index (Phi) is 7.79. The molecule has 0 radical (unpaired) electrons. The van der Waals surface area contributed by atoms with E-state index in [0.717, 1.165) is 19.3 Å². The molecule has 7 heteroatoms. The fraction of sp³-hybridized carbons (Fsp3) is 0.692. The van der Waals surface area contributed by atoms with Crippen molar-refractivity contribution in [2.45, 2.75) is 32.7 Å². The third-order valence-corrected chi connectivity index (χ3v) is 3.88. The van der Waals surface area contributed by atoms with E-state index in [0.29, 0.717) is 22.6 Å². The van der Waals surface area contributed by atoms with Crippen molar-refractivity contribution in [1.82, 2.24) is 9.78 Å². The standard InChI is InChI=1S/C13H22BrN3O3/c1-2-3-10(4-6-18)8-15-11-9-16-17(5-7-19)13(20)12(11)14/h9-10,15,18-19H,2-8H2,1H3. The number of aliphatic hydroxyl groups excluding tert-OH is 2. The van der Waals surface area contributed by atoms with Crippen LogP contribution in [0.5, 0.6) is 0 Å². The quantitative estimate of drug-likeness (QED) is 0.624. The number of aliphatic hydroxyl groups is 2. The first-order chi connectivity index (χ1) is 9.63. The third kappa shape index (κ3) is 4.88. The van der Waals surface area contributed by atoms with Crippen LogP contribution in [0.2, 0.25) is 0 Å². The fourth-order valence-electron chi connectivity index (χ4n) is 2.04. The lowest BCUT2D eigenvalue weighted by molar-refractivity contribution is 0.255. The highest BCUT2D eigenvalue weighted by Gasteiger charge is 2.11. The first-order valence-corrected chi connectivity index (χ1v) is 7.64. The molecule has 1 aromatic rings.